The Morgan fingerprint density at radius 2 is 2.00 bits per heavy atom. The highest BCUT2D eigenvalue weighted by Gasteiger charge is 2.14. The van der Waals surface area contributed by atoms with Gasteiger partial charge < -0.3 is 15.2 Å². The fourth-order valence-corrected chi connectivity index (χ4v) is 3.35. The third-order valence-corrected chi connectivity index (χ3v) is 5.14. The van der Waals surface area contributed by atoms with Crippen molar-refractivity contribution in [1.29, 1.82) is 0 Å². The largest absolute Gasteiger partial charge is 0.496 e. The van der Waals surface area contributed by atoms with E-state index in [-0.39, 0.29) is 23.1 Å². The minimum absolute atomic E-state index is 0.100. The maximum atomic E-state index is 12.2. The SMILES string of the molecule is COc1ccccc1SCC(C)CNC(=O)c1ccc(C(=O)O)c(C)n1. The fourth-order valence-electron chi connectivity index (χ4n) is 2.30. The van der Waals surface area contributed by atoms with Gasteiger partial charge in [-0.25, -0.2) is 9.78 Å². The Morgan fingerprint density at radius 3 is 2.65 bits per heavy atom. The van der Waals surface area contributed by atoms with Gasteiger partial charge in [0.1, 0.15) is 11.4 Å². The number of hydrogen-bond donors (Lipinski definition) is 2. The van der Waals surface area contributed by atoms with Gasteiger partial charge >= 0.3 is 5.97 Å². The van der Waals surface area contributed by atoms with E-state index in [9.17, 15) is 9.59 Å². The number of methoxy groups -OCH3 is 1. The fraction of sp³-hybridized carbons (Fsp3) is 0.316. The number of para-hydroxylation sites is 1. The molecule has 0 bridgehead atoms. The molecule has 2 rings (SSSR count). The number of carboxylic acid groups (broad SMARTS) is 1. The van der Waals surface area contributed by atoms with Crippen LogP contribution in [0.25, 0.3) is 0 Å². The number of nitrogens with one attached hydrogen (secondary N) is 1. The maximum Gasteiger partial charge on any atom is 0.337 e. The average molecular weight is 374 g/mol. The lowest BCUT2D eigenvalue weighted by Crippen LogP contribution is -2.30. The lowest BCUT2D eigenvalue weighted by Gasteiger charge is -2.14. The van der Waals surface area contributed by atoms with Crippen molar-refractivity contribution in [2.45, 2.75) is 18.7 Å². The summed E-state index contributed by atoms with van der Waals surface area (Å²) in [6.45, 7) is 4.13. The van der Waals surface area contributed by atoms with Crippen LogP contribution in [-0.4, -0.2) is 41.4 Å². The summed E-state index contributed by atoms with van der Waals surface area (Å²) in [4.78, 5) is 28.3. The number of pyridine rings is 1. The number of aromatic nitrogens is 1. The van der Waals surface area contributed by atoms with E-state index in [0.717, 1.165) is 16.4 Å². The molecule has 2 N–H and O–H groups in total. The van der Waals surface area contributed by atoms with Gasteiger partial charge in [0.05, 0.1) is 18.4 Å². The molecule has 1 heterocycles. The van der Waals surface area contributed by atoms with E-state index in [0.29, 0.717) is 12.2 Å². The molecular formula is C19H22N2O4S. The quantitative estimate of drug-likeness (QED) is 0.690. The van der Waals surface area contributed by atoms with E-state index in [1.165, 1.54) is 12.1 Å². The molecule has 1 amide bonds. The van der Waals surface area contributed by atoms with E-state index in [1.54, 1.807) is 25.8 Å². The highest BCUT2D eigenvalue weighted by atomic mass is 32.2. The van der Waals surface area contributed by atoms with Gasteiger partial charge in [-0.3, -0.25) is 4.79 Å². The Morgan fingerprint density at radius 1 is 1.27 bits per heavy atom. The van der Waals surface area contributed by atoms with Crippen LogP contribution in [0.2, 0.25) is 0 Å². The molecule has 1 aromatic carbocycles. The summed E-state index contributed by atoms with van der Waals surface area (Å²) in [5.41, 5.74) is 0.644. The van der Waals surface area contributed by atoms with Gasteiger partial charge in [-0.1, -0.05) is 19.1 Å². The number of aromatic carboxylic acids is 1. The average Bonchev–Trinajstić information content (AvgIpc) is 2.64. The molecule has 0 aliphatic carbocycles. The Balaban J connectivity index is 1.87. The van der Waals surface area contributed by atoms with Crippen LogP contribution >= 0.6 is 11.8 Å². The first-order valence-electron chi connectivity index (χ1n) is 8.17. The molecule has 0 aliphatic heterocycles. The van der Waals surface area contributed by atoms with Crippen LogP contribution in [-0.2, 0) is 0 Å². The normalized spacial score (nSPS) is 11.7. The zero-order valence-corrected chi connectivity index (χ0v) is 15.8. The van der Waals surface area contributed by atoms with Crippen LogP contribution < -0.4 is 10.1 Å². The van der Waals surface area contributed by atoms with Crippen molar-refractivity contribution in [2.75, 3.05) is 19.4 Å². The highest BCUT2D eigenvalue weighted by Crippen LogP contribution is 2.29. The molecule has 7 heteroatoms. The molecule has 138 valence electrons. The van der Waals surface area contributed by atoms with Crippen molar-refractivity contribution in [1.82, 2.24) is 10.3 Å². The van der Waals surface area contributed by atoms with Gasteiger partial charge in [0.15, 0.2) is 0 Å². The van der Waals surface area contributed by atoms with Gasteiger partial charge in [-0.05, 0) is 37.1 Å². The number of nitrogens with zero attached hydrogens (tertiary/aromatic N) is 1. The molecule has 0 fully saturated rings. The number of carbonyl (C=O) groups excluding carboxylic acids is 1. The highest BCUT2D eigenvalue weighted by molar-refractivity contribution is 7.99. The number of amides is 1. The predicted octanol–water partition coefficient (Wildman–Crippen LogP) is 3.26. The Hall–Kier alpha value is -2.54. The summed E-state index contributed by atoms with van der Waals surface area (Å²) in [7, 11) is 1.65. The van der Waals surface area contributed by atoms with Crippen molar-refractivity contribution in [3.63, 3.8) is 0 Å². The van der Waals surface area contributed by atoms with Gasteiger partial charge in [-0.15, -0.1) is 11.8 Å². The summed E-state index contributed by atoms with van der Waals surface area (Å²) < 4.78 is 5.33. The summed E-state index contributed by atoms with van der Waals surface area (Å²) in [6, 6.07) is 10.7. The third kappa shape index (κ3) is 5.23. The Labute approximate surface area is 157 Å². The van der Waals surface area contributed by atoms with Crippen molar-refractivity contribution in [3.05, 3.63) is 53.3 Å². The summed E-state index contributed by atoms with van der Waals surface area (Å²) in [5, 5.41) is 11.9. The van der Waals surface area contributed by atoms with E-state index in [4.69, 9.17) is 9.84 Å². The first-order chi connectivity index (χ1) is 12.4. The van der Waals surface area contributed by atoms with Crippen molar-refractivity contribution in [2.24, 2.45) is 5.92 Å². The molecule has 1 aromatic heterocycles. The first kappa shape index (κ1) is 19.8. The molecule has 0 saturated carbocycles. The second kappa shape index (κ2) is 9.24. The zero-order chi connectivity index (χ0) is 19.1. The van der Waals surface area contributed by atoms with Crippen molar-refractivity contribution in [3.8, 4) is 5.75 Å². The van der Waals surface area contributed by atoms with Crippen LogP contribution in [0, 0.1) is 12.8 Å². The second-order valence-electron chi connectivity index (χ2n) is 5.91. The lowest BCUT2D eigenvalue weighted by atomic mass is 10.1. The minimum atomic E-state index is -1.05. The Kier molecular flexibility index (Phi) is 7.03. The van der Waals surface area contributed by atoms with Gasteiger partial charge in [0, 0.05) is 17.2 Å². The minimum Gasteiger partial charge on any atom is -0.496 e. The molecule has 0 saturated heterocycles. The molecule has 1 unspecified atom stereocenters. The van der Waals surface area contributed by atoms with E-state index in [1.807, 2.05) is 24.3 Å². The standard InChI is InChI=1S/C19H22N2O4S/c1-12(11-26-17-7-5-4-6-16(17)25-3)10-20-18(22)15-9-8-14(19(23)24)13(2)21-15/h4-9,12H,10-11H2,1-3H3,(H,20,22)(H,23,24). The number of aryl methyl sites for hydroxylation is 1. The molecule has 0 aliphatic rings. The van der Waals surface area contributed by atoms with Crippen LogP contribution in [0.3, 0.4) is 0 Å². The van der Waals surface area contributed by atoms with E-state index in [2.05, 4.69) is 17.2 Å². The van der Waals surface area contributed by atoms with Gasteiger partial charge in [0.2, 0.25) is 0 Å². The van der Waals surface area contributed by atoms with Crippen LogP contribution in [0.4, 0.5) is 0 Å². The van der Waals surface area contributed by atoms with Crippen LogP contribution in [0.1, 0.15) is 33.5 Å². The van der Waals surface area contributed by atoms with E-state index < -0.39 is 5.97 Å². The number of thioether (sulfide) groups is 1. The zero-order valence-electron chi connectivity index (χ0n) is 15.0. The van der Waals surface area contributed by atoms with Crippen molar-refractivity contribution >= 4 is 23.6 Å². The molecule has 6 nitrogen and oxygen atoms in total. The molecule has 26 heavy (non-hydrogen) atoms. The monoisotopic (exact) mass is 374 g/mol. The predicted molar refractivity (Wildman–Crippen MR) is 101 cm³/mol. The van der Waals surface area contributed by atoms with Gasteiger partial charge in [0.25, 0.3) is 5.91 Å². The Bertz CT molecular complexity index is 795. The molecule has 2 aromatic rings. The summed E-state index contributed by atoms with van der Waals surface area (Å²) in [5.74, 6) is 0.550. The molecular weight excluding hydrogens is 352 g/mol. The first-order valence-corrected chi connectivity index (χ1v) is 9.16. The number of ether oxygens (including phenoxy) is 1. The topological polar surface area (TPSA) is 88.5 Å². The number of benzene rings is 1. The maximum absolute atomic E-state index is 12.2. The third-order valence-electron chi connectivity index (χ3n) is 3.75. The number of carbonyl (C=O) groups is 2. The molecule has 0 spiro atoms. The van der Waals surface area contributed by atoms with Gasteiger partial charge in [-0.2, -0.15) is 0 Å². The summed E-state index contributed by atoms with van der Waals surface area (Å²) in [6.07, 6.45) is 0. The van der Waals surface area contributed by atoms with Crippen LogP contribution in [0.15, 0.2) is 41.3 Å². The lowest BCUT2D eigenvalue weighted by molar-refractivity contribution is 0.0694. The number of hydrogen-bond acceptors (Lipinski definition) is 5. The van der Waals surface area contributed by atoms with Crippen LogP contribution in [0.5, 0.6) is 5.75 Å². The van der Waals surface area contributed by atoms with Crippen molar-refractivity contribution < 1.29 is 19.4 Å². The summed E-state index contributed by atoms with van der Waals surface area (Å²) >= 11 is 1.68. The second-order valence-corrected chi connectivity index (χ2v) is 6.97. The number of carboxylic acids is 1. The van der Waals surface area contributed by atoms with E-state index >= 15 is 0 Å². The number of rotatable bonds is 8. The molecule has 1 atom stereocenters. The molecule has 0 radical (unpaired) electrons. The smallest absolute Gasteiger partial charge is 0.337 e.